The van der Waals surface area contributed by atoms with Crippen LogP contribution in [0.25, 0.3) is 11.5 Å². The summed E-state index contributed by atoms with van der Waals surface area (Å²) in [5.74, 6) is 0.833. The lowest BCUT2D eigenvalue weighted by Crippen LogP contribution is -2.11. The van der Waals surface area contributed by atoms with Crippen molar-refractivity contribution in [2.24, 2.45) is 0 Å². The molecule has 9 heteroatoms. The van der Waals surface area contributed by atoms with E-state index in [1.165, 1.54) is 0 Å². The van der Waals surface area contributed by atoms with Crippen LogP contribution in [0.3, 0.4) is 0 Å². The number of benzene rings is 2. The van der Waals surface area contributed by atoms with E-state index in [4.69, 9.17) is 39.2 Å². The van der Waals surface area contributed by atoms with Gasteiger partial charge in [-0.25, -0.2) is 0 Å². The summed E-state index contributed by atoms with van der Waals surface area (Å²) >= 11 is 19.5. The third-order valence-corrected chi connectivity index (χ3v) is 5.36. The predicted molar refractivity (Wildman–Crippen MR) is 110 cm³/mol. The lowest BCUT2D eigenvalue weighted by atomic mass is 10.2. The van der Waals surface area contributed by atoms with Crippen LogP contribution in [-0.4, -0.2) is 21.9 Å². The maximum atomic E-state index is 12.0. The van der Waals surface area contributed by atoms with Crippen LogP contribution in [0.4, 0.5) is 6.01 Å². The number of hydrogen-bond acceptors (Lipinski definition) is 5. The number of hydrogen-bond donors (Lipinski definition) is 1. The number of amides is 1. The molecular formula is C18H14Cl3N3O2S. The minimum Gasteiger partial charge on any atom is -0.403 e. The number of thioether (sulfide) groups is 1. The minimum absolute atomic E-state index is 0.0337. The van der Waals surface area contributed by atoms with E-state index in [-0.39, 0.29) is 17.8 Å². The second-order valence-corrected chi connectivity index (χ2v) is 7.94. The minimum atomic E-state index is -0.191. The summed E-state index contributed by atoms with van der Waals surface area (Å²) in [7, 11) is 0. The molecule has 0 atom stereocenters. The summed E-state index contributed by atoms with van der Waals surface area (Å²) in [4.78, 5) is 13.1. The molecule has 0 aliphatic heterocycles. The van der Waals surface area contributed by atoms with Gasteiger partial charge in [-0.2, -0.15) is 0 Å². The average Bonchev–Trinajstić information content (AvgIpc) is 3.08. The van der Waals surface area contributed by atoms with E-state index in [2.05, 4.69) is 15.5 Å². The predicted octanol–water partition coefficient (Wildman–Crippen LogP) is 6.21. The highest BCUT2D eigenvalue weighted by atomic mass is 35.5. The molecular weight excluding hydrogens is 429 g/mol. The number of nitrogens with zero attached hydrogens (tertiary/aromatic N) is 2. The molecule has 0 bridgehead atoms. The van der Waals surface area contributed by atoms with Crippen molar-refractivity contribution in [1.82, 2.24) is 10.2 Å². The SMILES string of the molecule is O=C(CCCSc1ccc(Cl)cc1)Nc1nnc(-c2ccc(Cl)cc2Cl)o1. The van der Waals surface area contributed by atoms with Crippen molar-refractivity contribution in [3.63, 3.8) is 0 Å². The Bertz CT molecular complexity index is 932. The zero-order valence-electron chi connectivity index (χ0n) is 13.9. The van der Waals surface area contributed by atoms with Crippen LogP contribution in [-0.2, 0) is 4.79 Å². The zero-order valence-corrected chi connectivity index (χ0v) is 17.0. The van der Waals surface area contributed by atoms with Crippen molar-refractivity contribution < 1.29 is 9.21 Å². The molecule has 0 fully saturated rings. The van der Waals surface area contributed by atoms with Gasteiger partial charge in [-0.1, -0.05) is 39.9 Å². The third-order valence-electron chi connectivity index (χ3n) is 3.46. The van der Waals surface area contributed by atoms with Crippen molar-refractivity contribution in [2.75, 3.05) is 11.1 Å². The number of carbonyl (C=O) groups excluding carboxylic acids is 1. The van der Waals surface area contributed by atoms with E-state index in [0.717, 1.165) is 10.6 Å². The highest BCUT2D eigenvalue weighted by Crippen LogP contribution is 2.30. The van der Waals surface area contributed by atoms with Gasteiger partial charge in [0.1, 0.15) is 0 Å². The Morgan fingerprint density at radius 1 is 1.04 bits per heavy atom. The van der Waals surface area contributed by atoms with Gasteiger partial charge in [0, 0.05) is 21.4 Å². The van der Waals surface area contributed by atoms with E-state index in [1.54, 1.807) is 30.0 Å². The molecule has 0 saturated heterocycles. The van der Waals surface area contributed by atoms with E-state index in [1.807, 2.05) is 24.3 Å². The summed E-state index contributed by atoms with van der Waals surface area (Å²) in [5.41, 5.74) is 0.549. The number of aromatic nitrogens is 2. The van der Waals surface area contributed by atoms with Crippen LogP contribution in [0.1, 0.15) is 12.8 Å². The molecule has 3 aromatic rings. The number of anilines is 1. The quantitative estimate of drug-likeness (QED) is 0.348. The van der Waals surface area contributed by atoms with E-state index in [9.17, 15) is 4.79 Å². The fourth-order valence-electron chi connectivity index (χ4n) is 2.18. The van der Waals surface area contributed by atoms with Crippen molar-refractivity contribution in [3.05, 3.63) is 57.5 Å². The van der Waals surface area contributed by atoms with Gasteiger partial charge in [0.2, 0.25) is 5.91 Å². The molecule has 3 rings (SSSR count). The number of rotatable bonds is 7. The van der Waals surface area contributed by atoms with Crippen LogP contribution < -0.4 is 5.32 Å². The molecule has 0 aliphatic carbocycles. The Morgan fingerprint density at radius 2 is 1.78 bits per heavy atom. The number of nitrogens with one attached hydrogen (secondary N) is 1. The van der Waals surface area contributed by atoms with Crippen molar-refractivity contribution in [3.8, 4) is 11.5 Å². The monoisotopic (exact) mass is 441 g/mol. The number of carbonyl (C=O) groups is 1. The van der Waals surface area contributed by atoms with Gasteiger partial charge in [0.15, 0.2) is 0 Å². The van der Waals surface area contributed by atoms with Gasteiger partial charge in [-0.15, -0.1) is 16.9 Å². The van der Waals surface area contributed by atoms with Gasteiger partial charge >= 0.3 is 6.01 Å². The Labute approximate surface area is 175 Å². The molecule has 0 aliphatic rings. The van der Waals surface area contributed by atoms with Crippen molar-refractivity contribution in [2.45, 2.75) is 17.7 Å². The van der Waals surface area contributed by atoms with Gasteiger partial charge in [-0.3, -0.25) is 10.1 Å². The Kier molecular flexibility index (Phi) is 7.01. The van der Waals surface area contributed by atoms with E-state index >= 15 is 0 Å². The first-order valence-electron chi connectivity index (χ1n) is 7.98. The smallest absolute Gasteiger partial charge is 0.322 e. The second kappa shape index (κ2) is 9.46. The van der Waals surface area contributed by atoms with Crippen molar-refractivity contribution in [1.29, 1.82) is 0 Å². The molecule has 0 saturated carbocycles. The first-order valence-corrected chi connectivity index (χ1v) is 10.1. The summed E-state index contributed by atoms with van der Waals surface area (Å²) in [6, 6.07) is 12.6. The van der Waals surface area contributed by atoms with Gasteiger partial charge in [0.25, 0.3) is 5.89 Å². The molecule has 140 valence electrons. The fourth-order valence-corrected chi connectivity index (χ4v) is 3.65. The molecule has 27 heavy (non-hydrogen) atoms. The number of halogens is 3. The normalized spacial score (nSPS) is 10.8. The molecule has 1 N–H and O–H groups in total. The van der Waals surface area contributed by atoms with Gasteiger partial charge in [0.05, 0.1) is 10.6 Å². The van der Waals surface area contributed by atoms with Gasteiger partial charge in [-0.05, 0) is 54.6 Å². The standard InChI is InChI=1S/C18H14Cl3N3O2S/c19-11-3-6-13(7-4-11)27-9-1-2-16(25)22-18-24-23-17(26-18)14-8-5-12(20)10-15(14)21/h3-8,10H,1-2,9H2,(H,22,24,25). The fraction of sp³-hybridized carbons (Fsp3) is 0.167. The largest absolute Gasteiger partial charge is 0.403 e. The summed E-state index contributed by atoms with van der Waals surface area (Å²) in [5, 5.41) is 11.9. The molecule has 2 aromatic carbocycles. The van der Waals surface area contributed by atoms with Crippen LogP contribution >= 0.6 is 46.6 Å². The molecule has 1 amide bonds. The van der Waals surface area contributed by atoms with E-state index < -0.39 is 0 Å². The topological polar surface area (TPSA) is 68.0 Å². The Hall–Kier alpha value is -1.73. The second-order valence-electron chi connectivity index (χ2n) is 5.49. The van der Waals surface area contributed by atoms with Crippen LogP contribution in [0, 0.1) is 0 Å². The highest BCUT2D eigenvalue weighted by molar-refractivity contribution is 7.99. The van der Waals surface area contributed by atoms with E-state index in [0.29, 0.717) is 33.5 Å². The maximum absolute atomic E-state index is 12.0. The van der Waals surface area contributed by atoms with Crippen LogP contribution in [0.2, 0.25) is 15.1 Å². The van der Waals surface area contributed by atoms with Gasteiger partial charge < -0.3 is 4.42 Å². The summed E-state index contributed by atoms with van der Waals surface area (Å²) in [6.45, 7) is 0. The molecule has 1 aromatic heterocycles. The Morgan fingerprint density at radius 3 is 2.52 bits per heavy atom. The van der Waals surface area contributed by atoms with Crippen LogP contribution in [0.5, 0.6) is 0 Å². The van der Waals surface area contributed by atoms with Crippen LogP contribution in [0.15, 0.2) is 51.8 Å². The van der Waals surface area contributed by atoms with Crippen molar-refractivity contribution >= 4 is 58.5 Å². The molecule has 5 nitrogen and oxygen atoms in total. The first-order chi connectivity index (χ1) is 13.0. The lowest BCUT2D eigenvalue weighted by molar-refractivity contribution is -0.116. The maximum Gasteiger partial charge on any atom is 0.322 e. The highest BCUT2D eigenvalue weighted by Gasteiger charge is 2.14. The molecule has 0 unspecified atom stereocenters. The lowest BCUT2D eigenvalue weighted by Gasteiger charge is -2.02. The molecule has 0 spiro atoms. The summed E-state index contributed by atoms with van der Waals surface area (Å²) in [6.07, 6.45) is 1.06. The summed E-state index contributed by atoms with van der Waals surface area (Å²) < 4.78 is 5.45. The first kappa shape index (κ1) is 20.0. The zero-order chi connectivity index (χ0) is 19.2. The molecule has 0 radical (unpaired) electrons. The molecule has 1 heterocycles. The third kappa shape index (κ3) is 5.87. The average molecular weight is 443 g/mol. The Balaban J connectivity index is 1.47.